The Balaban J connectivity index is 0.00000441. The molecule has 126 valence electrons. The molecule has 0 aliphatic heterocycles. The zero-order valence-electron chi connectivity index (χ0n) is 13.0. The minimum Gasteiger partial charge on any atom is -0.492 e. The second kappa shape index (κ2) is 9.06. The monoisotopic (exact) mass is 431 g/mol. The number of guanidine groups is 1. The van der Waals surface area contributed by atoms with E-state index in [0.29, 0.717) is 6.54 Å². The molecule has 0 radical (unpaired) electrons. The molecule has 0 saturated heterocycles. The molecule has 0 atom stereocenters. The zero-order chi connectivity index (χ0) is 16.0. The van der Waals surface area contributed by atoms with Gasteiger partial charge >= 0.3 is 6.18 Å². The van der Waals surface area contributed by atoms with Crippen LogP contribution >= 0.6 is 24.0 Å². The lowest BCUT2D eigenvalue weighted by atomic mass is 10.2. The zero-order valence-corrected chi connectivity index (χ0v) is 15.3. The summed E-state index contributed by atoms with van der Waals surface area (Å²) in [5, 5.41) is 0. The van der Waals surface area contributed by atoms with Crippen LogP contribution in [0.1, 0.15) is 5.56 Å². The Morgan fingerprint density at radius 3 is 2.23 bits per heavy atom. The van der Waals surface area contributed by atoms with Gasteiger partial charge in [-0.25, -0.2) is 4.99 Å². The quantitative estimate of drug-likeness (QED) is 0.317. The summed E-state index contributed by atoms with van der Waals surface area (Å²) in [6.07, 6.45) is -4.36. The van der Waals surface area contributed by atoms with E-state index in [1.54, 1.807) is 0 Å². The van der Waals surface area contributed by atoms with Crippen molar-refractivity contribution in [1.29, 1.82) is 0 Å². The Kier molecular flexibility index (Phi) is 8.57. The average molecular weight is 431 g/mol. The van der Waals surface area contributed by atoms with Gasteiger partial charge in [-0.1, -0.05) is 6.07 Å². The first-order valence-corrected chi connectivity index (χ1v) is 6.41. The van der Waals surface area contributed by atoms with Crippen LogP contribution < -0.4 is 4.74 Å². The first-order chi connectivity index (χ1) is 9.71. The van der Waals surface area contributed by atoms with Gasteiger partial charge in [-0.3, -0.25) is 0 Å². The van der Waals surface area contributed by atoms with Crippen molar-refractivity contribution in [2.75, 3.05) is 41.3 Å². The highest BCUT2D eigenvalue weighted by atomic mass is 127. The van der Waals surface area contributed by atoms with Crippen molar-refractivity contribution < 1.29 is 17.9 Å². The van der Waals surface area contributed by atoms with Crippen LogP contribution in [0, 0.1) is 0 Å². The third-order valence-corrected chi connectivity index (χ3v) is 2.57. The molecule has 0 spiro atoms. The van der Waals surface area contributed by atoms with Gasteiger partial charge < -0.3 is 14.5 Å². The number of aliphatic imine (C=N–C) groups is 1. The van der Waals surface area contributed by atoms with E-state index in [0.717, 1.165) is 18.1 Å². The summed E-state index contributed by atoms with van der Waals surface area (Å²) in [7, 11) is 7.47. The van der Waals surface area contributed by atoms with Gasteiger partial charge in [0.2, 0.25) is 0 Å². The third kappa shape index (κ3) is 6.71. The first-order valence-electron chi connectivity index (χ1n) is 6.41. The van der Waals surface area contributed by atoms with E-state index in [-0.39, 0.29) is 36.3 Å². The van der Waals surface area contributed by atoms with Crippen molar-refractivity contribution >= 4 is 29.9 Å². The Hall–Kier alpha value is -1.19. The van der Waals surface area contributed by atoms with Gasteiger partial charge in [0.05, 0.1) is 12.1 Å². The molecule has 0 aliphatic rings. The SMILES string of the molecule is CN(C)C(=NCCOc1cccc(C(F)(F)F)c1)N(C)C.I. The van der Waals surface area contributed by atoms with E-state index >= 15 is 0 Å². The van der Waals surface area contributed by atoms with E-state index in [2.05, 4.69) is 4.99 Å². The number of hydrogen-bond acceptors (Lipinski definition) is 2. The molecule has 0 unspecified atom stereocenters. The Morgan fingerprint density at radius 2 is 1.73 bits per heavy atom. The van der Waals surface area contributed by atoms with Crippen LogP contribution in [0.25, 0.3) is 0 Å². The minimum atomic E-state index is -4.36. The Bertz CT molecular complexity index is 480. The molecule has 0 saturated carbocycles. The molecule has 4 nitrogen and oxygen atoms in total. The van der Waals surface area contributed by atoms with E-state index in [4.69, 9.17) is 4.74 Å². The Morgan fingerprint density at radius 1 is 1.14 bits per heavy atom. The maximum Gasteiger partial charge on any atom is 0.416 e. The van der Waals surface area contributed by atoms with E-state index < -0.39 is 11.7 Å². The predicted octanol–water partition coefficient (Wildman–Crippen LogP) is 3.18. The summed E-state index contributed by atoms with van der Waals surface area (Å²) in [6, 6.07) is 4.83. The van der Waals surface area contributed by atoms with E-state index in [9.17, 15) is 13.2 Å². The summed E-state index contributed by atoms with van der Waals surface area (Å²) in [5.74, 6) is 0.957. The maximum absolute atomic E-state index is 12.6. The summed E-state index contributed by atoms with van der Waals surface area (Å²) in [6.45, 7) is 0.578. The van der Waals surface area contributed by atoms with E-state index in [1.807, 2.05) is 38.0 Å². The fraction of sp³-hybridized carbons (Fsp3) is 0.500. The second-order valence-electron chi connectivity index (χ2n) is 4.84. The van der Waals surface area contributed by atoms with Gasteiger partial charge in [-0.15, -0.1) is 24.0 Å². The highest BCUT2D eigenvalue weighted by Crippen LogP contribution is 2.31. The smallest absolute Gasteiger partial charge is 0.416 e. The number of benzene rings is 1. The van der Waals surface area contributed by atoms with Crippen LogP contribution in [0.4, 0.5) is 13.2 Å². The fourth-order valence-corrected chi connectivity index (χ4v) is 1.75. The average Bonchev–Trinajstić information content (AvgIpc) is 2.37. The van der Waals surface area contributed by atoms with Gasteiger partial charge in [-0.2, -0.15) is 13.2 Å². The van der Waals surface area contributed by atoms with Crippen LogP contribution in [-0.4, -0.2) is 57.1 Å². The summed E-state index contributed by atoms with van der Waals surface area (Å²) in [4.78, 5) is 8.03. The van der Waals surface area contributed by atoms with Crippen molar-refractivity contribution in [2.45, 2.75) is 6.18 Å². The number of halogens is 4. The van der Waals surface area contributed by atoms with Crippen molar-refractivity contribution in [3.05, 3.63) is 29.8 Å². The first kappa shape index (κ1) is 20.8. The van der Waals surface area contributed by atoms with Crippen molar-refractivity contribution in [3.63, 3.8) is 0 Å². The molecule has 1 aromatic rings. The lowest BCUT2D eigenvalue weighted by Gasteiger charge is -2.22. The molecule has 0 heterocycles. The van der Waals surface area contributed by atoms with Crippen LogP contribution in [0.3, 0.4) is 0 Å². The molecular formula is C14H21F3IN3O. The van der Waals surface area contributed by atoms with Crippen molar-refractivity contribution in [2.24, 2.45) is 4.99 Å². The minimum absolute atomic E-state index is 0. The van der Waals surface area contributed by atoms with Crippen LogP contribution in [0.2, 0.25) is 0 Å². The molecule has 0 fully saturated rings. The third-order valence-electron chi connectivity index (χ3n) is 2.57. The topological polar surface area (TPSA) is 28.1 Å². The maximum atomic E-state index is 12.6. The normalized spacial score (nSPS) is 10.5. The summed E-state index contributed by atoms with van der Waals surface area (Å²) < 4.78 is 43.0. The van der Waals surface area contributed by atoms with Crippen LogP contribution in [0.5, 0.6) is 5.75 Å². The highest BCUT2D eigenvalue weighted by Gasteiger charge is 2.30. The molecule has 8 heteroatoms. The van der Waals surface area contributed by atoms with Crippen molar-refractivity contribution in [1.82, 2.24) is 9.80 Å². The number of ether oxygens (including phenoxy) is 1. The highest BCUT2D eigenvalue weighted by molar-refractivity contribution is 14.0. The summed E-state index contributed by atoms with van der Waals surface area (Å²) in [5.41, 5.74) is -0.717. The molecular weight excluding hydrogens is 410 g/mol. The number of rotatable bonds is 4. The molecule has 1 aromatic carbocycles. The van der Waals surface area contributed by atoms with Crippen molar-refractivity contribution in [3.8, 4) is 5.75 Å². The van der Waals surface area contributed by atoms with Crippen LogP contribution in [-0.2, 0) is 6.18 Å². The Labute approximate surface area is 146 Å². The summed E-state index contributed by atoms with van der Waals surface area (Å²) >= 11 is 0. The van der Waals surface area contributed by atoms with Crippen LogP contribution in [0.15, 0.2) is 29.3 Å². The predicted molar refractivity (Wildman–Crippen MR) is 92.0 cm³/mol. The van der Waals surface area contributed by atoms with Gasteiger partial charge in [0.1, 0.15) is 12.4 Å². The van der Waals surface area contributed by atoms with Gasteiger partial charge in [0.25, 0.3) is 0 Å². The number of alkyl halides is 3. The lowest BCUT2D eigenvalue weighted by molar-refractivity contribution is -0.137. The molecule has 0 N–H and O–H groups in total. The van der Waals surface area contributed by atoms with Gasteiger partial charge in [-0.05, 0) is 18.2 Å². The largest absolute Gasteiger partial charge is 0.492 e. The second-order valence-corrected chi connectivity index (χ2v) is 4.84. The van der Waals surface area contributed by atoms with Gasteiger partial charge in [0.15, 0.2) is 5.96 Å². The molecule has 0 aromatic heterocycles. The number of nitrogens with zero attached hydrogens (tertiary/aromatic N) is 3. The standard InChI is InChI=1S/C14H20F3N3O.HI/c1-19(2)13(20(3)4)18-8-9-21-12-7-5-6-11(10-12)14(15,16)17;/h5-7,10H,8-9H2,1-4H3;1H. The molecule has 0 aliphatic carbocycles. The number of hydrogen-bond donors (Lipinski definition) is 0. The molecule has 1 rings (SSSR count). The molecule has 22 heavy (non-hydrogen) atoms. The fourth-order valence-electron chi connectivity index (χ4n) is 1.75. The van der Waals surface area contributed by atoms with Gasteiger partial charge in [0, 0.05) is 28.2 Å². The lowest BCUT2D eigenvalue weighted by Crippen LogP contribution is -2.35. The van der Waals surface area contributed by atoms with E-state index in [1.165, 1.54) is 12.1 Å². The molecule has 0 amide bonds. The molecule has 0 bridgehead atoms.